The van der Waals surface area contributed by atoms with Crippen LogP contribution in [0.15, 0.2) is 0 Å². The fraction of sp³-hybridized carbons (Fsp3) is 0.889. The monoisotopic (exact) mass is 203 g/mol. The van der Waals surface area contributed by atoms with Crippen molar-refractivity contribution in [2.45, 2.75) is 31.8 Å². The molecule has 2 unspecified atom stereocenters. The number of nitrogens with one attached hydrogen (secondary N) is 1. The van der Waals surface area contributed by atoms with Crippen molar-refractivity contribution in [1.82, 2.24) is 5.32 Å². The van der Waals surface area contributed by atoms with E-state index in [9.17, 15) is 4.79 Å². The Morgan fingerprint density at radius 2 is 2.46 bits per heavy atom. The molecule has 3 nitrogen and oxygen atoms in total. The summed E-state index contributed by atoms with van der Waals surface area (Å²) in [4.78, 5) is 11.1. The number of carbonyl (C=O) groups excluding carboxylic acids is 1. The molecule has 0 saturated carbocycles. The third-order valence-corrected chi connectivity index (χ3v) is 3.42. The molecule has 0 spiro atoms. The molecule has 76 valence electrons. The van der Waals surface area contributed by atoms with Crippen molar-refractivity contribution < 1.29 is 9.53 Å². The van der Waals surface area contributed by atoms with Crippen LogP contribution in [0.25, 0.3) is 0 Å². The van der Waals surface area contributed by atoms with E-state index in [4.69, 9.17) is 0 Å². The van der Waals surface area contributed by atoms with Crippen LogP contribution in [-0.4, -0.2) is 36.7 Å². The summed E-state index contributed by atoms with van der Waals surface area (Å²) in [6.07, 6.45) is 2.42. The Labute approximate surface area is 83.6 Å². The van der Waals surface area contributed by atoms with E-state index in [1.54, 1.807) is 0 Å². The van der Waals surface area contributed by atoms with Crippen molar-refractivity contribution in [3.05, 3.63) is 0 Å². The highest BCUT2D eigenvalue weighted by Gasteiger charge is 2.19. The number of ether oxygens (including phenoxy) is 1. The van der Waals surface area contributed by atoms with Crippen molar-refractivity contribution in [1.29, 1.82) is 0 Å². The number of rotatable bonds is 3. The Hall–Kier alpha value is -0.220. The second kappa shape index (κ2) is 5.50. The molecule has 0 aliphatic carbocycles. The van der Waals surface area contributed by atoms with Gasteiger partial charge >= 0.3 is 5.97 Å². The van der Waals surface area contributed by atoms with E-state index < -0.39 is 0 Å². The number of methoxy groups -OCH3 is 1. The van der Waals surface area contributed by atoms with Gasteiger partial charge in [0.2, 0.25) is 0 Å². The zero-order chi connectivity index (χ0) is 9.68. The molecule has 1 aliphatic heterocycles. The van der Waals surface area contributed by atoms with Crippen LogP contribution in [0.5, 0.6) is 0 Å². The van der Waals surface area contributed by atoms with Gasteiger partial charge in [0.1, 0.15) is 6.04 Å². The van der Waals surface area contributed by atoms with Gasteiger partial charge in [0.25, 0.3) is 0 Å². The molecule has 0 aromatic heterocycles. The van der Waals surface area contributed by atoms with Gasteiger partial charge in [-0.3, -0.25) is 4.79 Å². The molecule has 0 bridgehead atoms. The molecular weight excluding hydrogens is 186 g/mol. The molecule has 2 atom stereocenters. The van der Waals surface area contributed by atoms with E-state index in [-0.39, 0.29) is 12.0 Å². The molecule has 0 aromatic rings. The zero-order valence-corrected chi connectivity index (χ0v) is 9.02. The Bertz CT molecular complexity index is 169. The molecule has 0 radical (unpaired) electrons. The van der Waals surface area contributed by atoms with Gasteiger partial charge in [-0.05, 0) is 25.5 Å². The highest BCUT2D eigenvalue weighted by atomic mass is 32.2. The van der Waals surface area contributed by atoms with E-state index in [2.05, 4.69) is 10.1 Å². The fourth-order valence-corrected chi connectivity index (χ4v) is 2.56. The van der Waals surface area contributed by atoms with Crippen LogP contribution in [0.4, 0.5) is 0 Å². The van der Waals surface area contributed by atoms with E-state index >= 15 is 0 Å². The number of thioether (sulfide) groups is 1. The molecule has 1 rings (SSSR count). The van der Waals surface area contributed by atoms with Crippen LogP contribution < -0.4 is 5.32 Å². The minimum absolute atomic E-state index is 0.171. The van der Waals surface area contributed by atoms with E-state index in [1.165, 1.54) is 25.7 Å². The number of hydrogen-bond acceptors (Lipinski definition) is 4. The molecular formula is C9H17NO2S. The van der Waals surface area contributed by atoms with E-state index in [0.29, 0.717) is 6.04 Å². The van der Waals surface area contributed by atoms with Gasteiger partial charge < -0.3 is 10.1 Å². The molecule has 1 saturated heterocycles. The van der Waals surface area contributed by atoms with Gasteiger partial charge in [0.05, 0.1) is 7.11 Å². The maximum atomic E-state index is 11.1. The summed E-state index contributed by atoms with van der Waals surface area (Å²) in [6.45, 7) is 1.85. The largest absolute Gasteiger partial charge is 0.468 e. The van der Waals surface area contributed by atoms with Crippen molar-refractivity contribution in [3.63, 3.8) is 0 Å². The summed E-state index contributed by atoms with van der Waals surface area (Å²) in [6, 6.07) is 0.307. The maximum Gasteiger partial charge on any atom is 0.322 e. The normalized spacial score (nSPS) is 25.2. The highest BCUT2D eigenvalue weighted by Crippen LogP contribution is 2.17. The topological polar surface area (TPSA) is 38.3 Å². The van der Waals surface area contributed by atoms with Gasteiger partial charge in [0.15, 0.2) is 0 Å². The van der Waals surface area contributed by atoms with Crippen molar-refractivity contribution in [2.24, 2.45) is 0 Å². The summed E-state index contributed by atoms with van der Waals surface area (Å²) in [5, 5.41) is 3.27. The minimum atomic E-state index is -0.173. The lowest BCUT2D eigenvalue weighted by molar-refractivity contribution is -0.142. The van der Waals surface area contributed by atoms with Crippen LogP contribution >= 0.6 is 11.8 Å². The van der Waals surface area contributed by atoms with Crippen molar-refractivity contribution >= 4 is 17.7 Å². The summed E-state index contributed by atoms with van der Waals surface area (Å²) < 4.78 is 4.65. The Kier molecular flexibility index (Phi) is 4.59. The minimum Gasteiger partial charge on any atom is -0.468 e. The van der Waals surface area contributed by atoms with Gasteiger partial charge in [-0.15, -0.1) is 0 Å². The molecule has 0 aromatic carbocycles. The predicted molar refractivity (Wildman–Crippen MR) is 55.0 cm³/mol. The molecule has 1 heterocycles. The average Bonchev–Trinajstić information content (AvgIpc) is 2.18. The summed E-state index contributed by atoms with van der Waals surface area (Å²) in [7, 11) is 1.43. The molecule has 13 heavy (non-hydrogen) atoms. The van der Waals surface area contributed by atoms with Crippen LogP contribution in [0.1, 0.15) is 19.8 Å². The zero-order valence-electron chi connectivity index (χ0n) is 8.21. The second-order valence-electron chi connectivity index (χ2n) is 3.33. The van der Waals surface area contributed by atoms with Crippen LogP contribution in [0, 0.1) is 0 Å². The van der Waals surface area contributed by atoms with Crippen LogP contribution in [0.3, 0.4) is 0 Å². The highest BCUT2D eigenvalue weighted by molar-refractivity contribution is 7.99. The standard InChI is InChI=1S/C9H17NO2S/c1-7(9(11)12-2)10-8-4-3-5-13-6-8/h7-8,10H,3-6H2,1-2H3. The SMILES string of the molecule is COC(=O)C(C)NC1CCCSC1. The lowest BCUT2D eigenvalue weighted by Gasteiger charge is -2.25. The average molecular weight is 203 g/mol. The molecule has 1 aliphatic rings. The summed E-state index contributed by atoms with van der Waals surface area (Å²) in [5.41, 5.74) is 0. The van der Waals surface area contributed by atoms with Gasteiger partial charge in [-0.1, -0.05) is 0 Å². The second-order valence-corrected chi connectivity index (χ2v) is 4.48. The maximum absolute atomic E-state index is 11.1. The third-order valence-electron chi connectivity index (χ3n) is 2.20. The Balaban J connectivity index is 2.25. The quantitative estimate of drug-likeness (QED) is 0.695. The summed E-state index contributed by atoms with van der Waals surface area (Å²) in [5.74, 6) is 2.20. The molecule has 1 N–H and O–H groups in total. The van der Waals surface area contributed by atoms with Crippen molar-refractivity contribution in [3.8, 4) is 0 Å². The Morgan fingerprint density at radius 3 is 3.00 bits per heavy atom. The van der Waals surface area contributed by atoms with Gasteiger partial charge in [-0.2, -0.15) is 11.8 Å². The van der Waals surface area contributed by atoms with Crippen molar-refractivity contribution in [2.75, 3.05) is 18.6 Å². The Morgan fingerprint density at radius 1 is 1.69 bits per heavy atom. The molecule has 0 amide bonds. The van der Waals surface area contributed by atoms with Crippen LogP contribution in [-0.2, 0) is 9.53 Å². The first-order valence-electron chi connectivity index (χ1n) is 4.65. The smallest absolute Gasteiger partial charge is 0.322 e. The summed E-state index contributed by atoms with van der Waals surface area (Å²) >= 11 is 1.95. The molecule has 1 fully saturated rings. The lowest BCUT2D eigenvalue weighted by atomic mass is 10.1. The fourth-order valence-electron chi connectivity index (χ4n) is 1.47. The van der Waals surface area contributed by atoms with Gasteiger partial charge in [-0.25, -0.2) is 0 Å². The number of carbonyl (C=O) groups is 1. The predicted octanol–water partition coefficient (Wildman–Crippen LogP) is 1.03. The van der Waals surface area contributed by atoms with Crippen LogP contribution in [0.2, 0.25) is 0 Å². The number of esters is 1. The lowest BCUT2D eigenvalue weighted by Crippen LogP contribution is -2.44. The van der Waals surface area contributed by atoms with E-state index in [1.807, 2.05) is 18.7 Å². The van der Waals surface area contributed by atoms with Gasteiger partial charge in [0, 0.05) is 11.8 Å². The number of hydrogen-bond donors (Lipinski definition) is 1. The first kappa shape index (κ1) is 10.9. The first-order valence-corrected chi connectivity index (χ1v) is 5.81. The van der Waals surface area contributed by atoms with E-state index in [0.717, 1.165) is 5.75 Å². The third kappa shape index (κ3) is 3.56. The first-order chi connectivity index (χ1) is 6.24. The molecule has 4 heteroatoms.